The van der Waals surface area contributed by atoms with Crippen molar-refractivity contribution in [2.24, 2.45) is 11.0 Å². The Hall–Kier alpha value is -0.690. The van der Waals surface area contributed by atoms with E-state index >= 15 is 0 Å². The zero-order valence-corrected chi connectivity index (χ0v) is 10.1. The molecule has 0 bridgehead atoms. The molecule has 0 amide bonds. The number of ether oxygens (including phenoxy) is 1. The van der Waals surface area contributed by atoms with Crippen molar-refractivity contribution in [2.75, 3.05) is 0 Å². The van der Waals surface area contributed by atoms with Crippen molar-refractivity contribution >= 4 is 29.2 Å². The first-order valence-corrected chi connectivity index (χ1v) is 5.70. The van der Waals surface area contributed by atoms with Crippen LogP contribution < -0.4 is 0 Å². The second kappa shape index (κ2) is 5.77. The lowest BCUT2D eigenvalue weighted by molar-refractivity contribution is -0.306. The van der Waals surface area contributed by atoms with Gasteiger partial charge in [0.2, 0.25) is 0 Å². The molecule has 3 atom stereocenters. The van der Waals surface area contributed by atoms with Gasteiger partial charge in [-0.05, 0) is 24.8 Å². The SMILES string of the molecule is N=NC(C=S)C1CC=C(OC(F)(F)F)C(Cl)C1. The van der Waals surface area contributed by atoms with Gasteiger partial charge in [0.15, 0.2) is 0 Å². The Morgan fingerprint density at radius 2 is 2.29 bits per heavy atom. The van der Waals surface area contributed by atoms with E-state index in [1.54, 1.807) is 0 Å². The van der Waals surface area contributed by atoms with E-state index in [-0.39, 0.29) is 18.1 Å². The second-order valence-corrected chi connectivity index (χ2v) is 4.41. The van der Waals surface area contributed by atoms with Crippen LogP contribution in [-0.4, -0.2) is 23.1 Å². The van der Waals surface area contributed by atoms with Crippen molar-refractivity contribution in [3.05, 3.63) is 11.8 Å². The average Bonchev–Trinajstić information content (AvgIpc) is 2.22. The maximum Gasteiger partial charge on any atom is 0.572 e. The molecule has 0 heterocycles. The van der Waals surface area contributed by atoms with E-state index in [4.69, 9.17) is 29.3 Å². The van der Waals surface area contributed by atoms with E-state index in [0.717, 1.165) is 0 Å². The lowest BCUT2D eigenvalue weighted by atomic mass is 9.88. The van der Waals surface area contributed by atoms with Crippen LogP contribution in [0.25, 0.3) is 0 Å². The summed E-state index contributed by atoms with van der Waals surface area (Å²) in [5.74, 6) is -0.434. The molecule has 1 aliphatic carbocycles. The van der Waals surface area contributed by atoms with E-state index in [1.807, 2.05) is 0 Å². The summed E-state index contributed by atoms with van der Waals surface area (Å²) in [4.78, 5) is 0. The van der Waals surface area contributed by atoms with Crippen LogP contribution in [0.15, 0.2) is 16.9 Å². The molecule has 0 aliphatic heterocycles. The Morgan fingerprint density at radius 1 is 1.65 bits per heavy atom. The van der Waals surface area contributed by atoms with Crippen LogP contribution in [-0.2, 0) is 4.74 Å². The van der Waals surface area contributed by atoms with Crippen molar-refractivity contribution in [2.45, 2.75) is 30.6 Å². The molecule has 0 fully saturated rings. The van der Waals surface area contributed by atoms with Gasteiger partial charge in [0.25, 0.3) is 0 Å². The van der Waals surface area contributed by atoms with Gasteiger partial charge in [-0.2, -0.15) is 5.11 Å². The lowest BCUT2D eigenvalue weighted by Gasteiger charge is -2.28. The number of rotatable bonds is 4. The topological polar surface area (TPSA) is 45.4 Å². The highest BCUT2D eigenvalue weighted by Crippen LogP contribution is 2.34. The summed E-state index contributed by atoms with van der Waals surface area (Å²) in [6.07, 6.45) is -2.87. The van der Waals surface area contributed by atoms with Crippen molar-refractivity contribution < 1.29 is 17.9 Å². The van der Waals surface area contributed by atoms with Crippen molar-refractivity contribution in [1.82, 2.24) is 0 Å². The highest BCUT2D eigenvalue weighted by molar-refractivity contribution is 7.79. The van der Waals surface area contributed by atoms with Crippen molar-refractivity contribution in [1.29, 1.82) is 5.53 Å². The first-order chi connectivity index (χ1) is 7.87. The van der Waals surface area contributed by atoms with Gasteiger partial charge in [-0.15, -0.1) is 24.8 Å². The Bertz CT molecular complexity index is 327. The third-order valence-electron chi connectivity index (χ3n) is 2.45. The first kappa shape index (κ1) is 14.4. The van der Waals surface area contributed by atoms with E-state index < -0.39 is 17.8 Å². The maximum absolute atomic E-state index is 12.0. The molecule has 0 spiro atoms. The van der Waals surface area contributed by atoms with Crippen molar-refractivity contribution in [3.8, 4) is 0 Å². The largest absolute Gasteiger partial charge is 0.572 e. The maximum atomic E-state index is 12.0. The quantitative estimate of drug-likeness (QED) is 0.485. The van der Waals surface area contributed by atoms with Gasteiger partial charge in [-0.1, -0.05) is 12.2 Å². The van der Waals surface area contributed by atoms with Gasteiger partial charge < -0.3 is 4.74 Å². The molecule has 0 aromatic carbocycles. The van der Waals surface area contributed by atoms with Crippen LogP contribution in [0.1, 0.15) is 12.8 Å². The Morgan fingerprint density at radius 3 is 2.71 bits per heavy atom. The molecule has 8 heteroatoms. The minimum Gasteiger partial charge on any atom is -0.409 e. The van der Waals surface area contributed by atoms with Crippen molar-refractivity contribution in [3.63, 3.8) is 0 Å². The number of nitrogens with zero attached hydrogens (tertiary/aromatic N) is 1. The summed E-state index contributed by atoms with van der Waals surface area (Å²) in [5.41, 5.74) is 6.91. The van der Waals surface area contributed by atoms with Crippen LogP contribution in [0.2, 0.25) is 0 Å². The number of hydrogen-bond donors (Lipinski definition) is 1. The van der Waals surface area contributed by atoms with Gasteiger partial charge in [-0.25, -0.2) is 5.53 Å². The Balaban J connectivity index is 2.69. The summed E-state index contributed by atoms with van der Waals surface area (Å²) in [6, 6.07) is -0.491. The molecule has 1 N–H and O–H groups in total. The number of nitrogens with one attached hydrogen (secondary N) is 1. The molecule has 17 heavy (non-hydrogen) atoms. The van der Waals surface area contributed by atoms with E-state index in [0.29, 0.717) is 6.42 Å². The summed E-state index contributed by atoms with van der Waals surface area (Å²) >= 11 is 10.5. The second-order valence-electron chi connectivity index (χ2n) is 3.61. The first-order valence-electron chi connectivity index (χ1n) is 4.79. The predicted octanol–water partition coefficient (Wildman–Crippen LogP) is 3.82. The Labute approximate surface area is 106 Å². The molecule has 0 saturated carbocycles. The van der Waals surface area contributed by atoms with E-state index in [9.17, 15) is 13.2 Å². The fourth-order valence-electron chi connectivity index (χ4n) is 1.64. The molecular weight excluding hydrogens is 277 g/mol. The normalized spacial score (nSPS) is 26.9. The lowest BCUT2D eigenvalue weighted by Crippen LogP contribution is -2.28. The molecule has 96 valence electrons. The van der Waals surface area contributed by atoms with Gasteiger partial charge in [0.05, 0.1) is 5.38 Å². The van der Waals surface area contributed by atoms with Gasteiger partial charge >= 0.3 is 6.36 Å². The summed E-state index contributed by atoms with van der Waals surface area (Å²) < 4.78 is 39.8. The third kappa shape index (κ3) is 4.23. The van der Waals surface area contributed by atoms with Crippen LogP contribution in [0.3, 0.4) is 0 Å². The number of halogens is 4. The minimum absolute atomic E-state index is 0.145. The monoisotopic (exact) mass is 286 g/mol. The standard InChI is InChI=1S/C9H10ClF3N2OS/c10-6-3-5(7(4-17)15-14)1-2-8(6)16-9(11,12)13/h2,4-7,14H,1,3H2. The van der Waals surface area contributed by atoms with E-state index in [2.05, 4.69) is 9.85 Å². The molecule has 0 saturated heterocycles. The summed E-state index contributed by atoms with van der Waals surface area (Å²) in [6.45, 7) is 0. The summed E-state index contributed by atoms with van der Waals surface area (Å²) in [5, 5.41) is 3.76. The predicted molar refractivity (Wildman–Crippen MR) is 60.2 cm³/mol. The molecule has 0 radical (unpaired) electrons. The fraction of sp³-hybridized carbons (Fsp3) is 0.667. The summed E-state index contributed by atoms with van der Waals surface area (Å²) in [7, 11) is 0. The molecule has 3 unspecified atom stereocenters. The van der Waals surface area contributed by atoms with Crippen LogP contribution in [0.4, 0.5) is 13.2 Å². The number of alkyl halides is 4. The molecule has 0 aromatic heterocycles. The van der Waals surface area contributed by atoms with Crippen LogP contribution >= 0.6 is 23.8 Å². The number of thiocarbonyl (C=S) groups is 1. The zero-order chi connectivity index (χ0) is 13.1. The third-order valence-corrected chi connectivity index (χ3v) is 3.12. The van der Waals surface area contributed by atoms with Gasteiger partial charge in [0, 0.05) is 5.37 Å². The van der Waals surface area contributed by atoms with Crippen LogP contribution in [0, 0.1) is 11.4 Å². The molecule has 3 nitrogen and oxygen atoms in total. The molecule has 1 rings (SSSR count). The zero-order valence-electron chi connectivity index (χ0n) is 8.58. The van der Waals surface area contributed by atoms with Crippen LogP contribution in [0.5, 0.6) is 0 Å². The number of allylic oxidation sites excluding steroid dienone is 2. The smallest absolute Gasteiger partial charge is 0.409 e. The molecule has 1 aliphatic rings. The number of hydrogen-bond acceptors (Lipinski definition) is 4. The highest BCUT2D eigenvalue weighted by atomic mass is 35.5. The fourth-order valence-corrected chi connectivity index (χ4v) is 2.28. The molecular formula is C9H10ClF3N2OS. The highest BCUT2D eigenvalue weighted by Gasteiger charge is 2.37. The molecule has 0 aromatic rings. The Kier molecular flexibility index (Phi) is 4.88. The van der Waals surface area contributed by atoms with Gasteiger partial charge in [-0.3, -0.25) is 0 Å². The minimum atomic E-state index is -4.73. The van der Waals surface area contributed by atoms with Gasteiger partial charge in [0.1, 0.15) is 11.8 Å². The average molecular weight is 287 g/mol. The van der Waals surface area contributed by atoms with E-state index in [1.165, 1.54) is 11.4 Å².